The van der Waals surface area contributed by atoms with E-state index in [0.717, 1.165) is 34.2 Å². The highest BCUT2D eigenvalue weighted by Gasteiger charge is 2.54. The number of carbonyl (C=O) groups is 2. The number of hydrogen-bond donors (Lipinski definition) is 0. The Morgan fingerprint density at radius 2 is 1.66 bits per heavy atom. The summed E-state index contributed by atoms with van der Waals surface area (Å²) in [5, 5.41) is 0. The van der Waals surface area contributed by atoms with Crippen LogP contribution in [0.2, 0.25) is 0 Å². The molecule has 0 bridgehead atoms. The molecule has 1 fully saturated rings. The van der Waals surface area contributed by atoms with Crippen LogP contribution < -0.4 is 4.48 Å². The average Bonchev–Trinajstić information content (AvgIpc) is 2.91. The summed E-state index contributed by atoms with van der Waals surface area (Å²) in [6.45, 7) is 4.42. The van der Waals surface area contributed by atoms with E-state index < -0.39 is 5.60 Å². The maximum Gasteiger partial charge on any atom is 0.522 e. The lowest BCUT2D eigenvalue weighted by atomic mass is 9.81. The Labute approximate surface area is 222 Å². The van der Waals surface area contributed by atoms with Crippen LogP contribution in [0.1, 0.15) is 47.4 Å². The third-order valence-electron chi connectivity index (χ3n) is 8.17. The first kappa shape index (κ1) is 26.2. The van der Waals surface area contributed by atoms with Crippen LogP contribution in [0, 0.1) is 18.6 Å². The molecule has 198 valence electrons. The molecule has 38 heavy (non-hydrogen) atoms. The van der Waals surface area contributed by atoms with Gasteiger partial charge in [-0.05, 0) is 49.7 Å². The first-order chi connectivity index (χ1) is 18.2. The van der Waals surface area contributed by atoms with Crippen molar-refractivity contribution in [3.05, 3.63) is 101 Å². The molecular formula is C31H33F2N2O3+. The Morgan fingerprint density at radius 3 is 2.32 bits per heavy atom. The number of halogens is 2. The molecule has 3 aromatic rings. The summed E-state index contributed by atoms with van der Waals surface area (Å²) in [7, 11) is 1.83. The minimum Gasteiger partial charge on any atom is -0.408 e. The number of likely N-dealkylation sites (tertiary alicyclic amines) is 1. The fourth-order valence-electron chi connectivity index (χ4n) is 5.79. The van der Waals surface area contributed by atoms with Crippen molar-refractivity contribution in [3.8, 4) is 0 Å². The number of aryl methyl sites for hydroxylation is 1. The fraction of sp³-hybridized carbons (Fsp3) is 0.355. The summed E-state index contributed by atoms with van der Waals surface area (Å²) in [5.74, 6) is -0.987. The Balaban J connectivity index is 1.33. The second kappa shape index (κ2) is 10.4. The number of benzene rings is 3. The highest BCUT2D eigenvalue weighted by molar-refractivity contribution is 5.86. The number of carbonyl (C=O) groups excluding carboxylic acids is 2. The normalized spacial score (nSPS) is 21.5. The van der Waals surface area contributed by atoms with E-state index in [-0.39, 0.29) is 28.1 Å². The molecule has 2 aliphatic rings. The molecule has 5 rings (SSSR count). The van der Waals surface area contributed by atoms with Crippen LogP contribution >= 0.6 is 0 Å². The lowest BCUT2D eigenvalue weighted by Gasteiger charge is -2.47. The smallest absolute Gasteiger partial charge is 0.408 e. The second-order valence-electron chi connectivity index (χ2n) is 10.8. The van der Waals surface area contributed by atoms with Gasteiger partial charge in [-0.3, -0.25) is 0 Å². The SMILES string of the molecule is Cc1ccc(C[N+]2(C)C(=O)OC3(CCN(CCC(C=O)c4ccc(F)cc4)CC3)c3cc(F)ccc32)cc1. The number of ether oxygens (including phenoxy) is 1. The lowest BCUT2D eigenvalue weighted by Crippen LogP contribution is -2.59. The molecule has 0 radical (unpaired) electrons. The third kappa shape index (κ3) is 5.00. The number of hydrogen-bond acceptors (Lipinski definition) is 4. The summed E-state index contributed by atoms with van der Waals surface area (Å²) in [4.78, 5) is 27.6. The van der Waals surface area contributed by atoms with Gasteiger partial charge in [0.15, 0.2) is 11.3 Å². The van der Waals surface area contributed by atoms with Gasteiger partial charge >= 0.3 is 6.09 Å². The minimum absolute atomic E-state index is 0.0805. The molecule has 0 saturated carbocycles. The van der Waals surface area contributed by atoms with E-state index in [0.29, 0.717) is 45.4 Å². The van der Waals surface area contributed by atoms with Gasteiger partial charge in [0.2, 0.25) is 0 Å². The zero-order valence-corrected chi connectivity index (χ0v) is 21.8. The van der Waals surface area contributed by atoms with Gasteiger partial charge in [-0.25, -0.2) is 8.78 Å². The predicted molar refractivity (Wildman–Crippen MR) is 143 cm³/mol. The van der Waals surface area contributed by atoms with Gasteiger partial charge in [-0.2, -0.15) is 9.28 Å². The Bertz CT molecular complexity index is 1320. The van der Waals surface area contributed by atoms with Gasteiger partial charge in [-0.15, -0.1) is 0 Å². The number of piperidine rings is 1. The van der Waals surface area contributed by atoms with Crippen LogP contribution in [-0.4, -0.2) is 44.0 Å². The van der Waals surface area contributed by atoms with Gasteiger partial charge in [0.25, 0.3) is 0 Å². The van der Waals surface area contributed by atoms with Crippen molar-refractivity contribution in [2.75, 3.05) is 26.7 Å². The summed E-state index contributed by atoms with van der Waals surface area (Å²) in [6.07, 6.45) is 2.27. The van der Waals surface area contributed by atoms with E-state index in [9.17, 15) is 18.4 Å². The zero-order valence-electron chi connectivity index (χ0n) is 21.8. The van der Waals surface area contributed by atoms with Crippen LogP contribution in [0.5, 0.6) is 0 Å². The minimum atomic E-state index is -0.878. The van der Waals surface area contributed by atoms with Crippen LogP contribution in [0.25, 0.3) is 0 Å². The molecule has 7 heteroatoms. The quantitative estimate of drug-likeness (QED) is 0.275. The molecule has 0 N–H and O–H groups in total. The molecule has 3 aromatic carbocycles. The van der Waals surface area contributed by atoms with Crippen LogP contribution in [0.15, 0.2) is 66.7 Å². The zero-order chi connectivity index (χ0) is 26.9. The monoisotopic (exact) mass is 519 g/mol. The van der Waals surface area contributed by atoms with E-state index in [1.54, 1.807) is 18.2 Å². The van der Waals surface area contributed by atoms with Gasteiger partial charge in [-0.1, -0.05) is 42.0 Å². The van der Waals surface area contributed by atoms with Crippen molar-refractivity contribution >= 4 is 18.1 Å². The average molecular weight is 520 g/mol. The Kier molecular flexibility index (Phi) is 7.16. The van der Waals surface area contributed by atoms with Gasteiger partial charge < -0.3 is 14.4 Å². The van der Waals surface area contributed by atoms with Crippen molar-refractivity contribution in [3.63, 3.8) is 0 Å². The number of amides is 1. The second-order valence-corrected chi connectivity index (χ2v) is 10.8. The molecule has 0 aromatic heterocycles. The maximum atomic E-state index is 14.5. The maximum absolute atomic E-state index is 14.5. The van der Waals surface area contributed by atoms with Gasteiger partial charge in [0, 0.05) is 43.5 Å². The number of nitrogens with zero attached hydrogens (tertiary/aromatic N) is 2. The highest BCUT2D eigenvalue weighted by Crippen LogP contribution is 2.48. The van der Waals surface area contributed by atoms with E-state index in [4.69, 9.17) is 4.74 Å². The number of quaternary nitrogens is 1. The van der Waals surface area contributed by atoms with Crippen molar-refractivity contribution in [1.29, 1.82) is 0 Å². The van der Waals surface area contributed by atoms with Gasteiger partial charge in [0.1, 0.15) is 24.5 Å². The van der Waals surface area contributed by atoms with Crippen LogP contribution in [0.4, 0.5) is 19.3 Å². The Morgan fingerprint density at radius 1 is 1.00 bits per heavy atom. The van der Waals surface area contributed by atoms with Gasteiger partial charge in [0.05, 0.1) is 12.6 Å². The Hall–Kier alpha value is -3.42. The number of fused-ring (bicyclic) bond motifs is 2. The van der Waals surface area contributed by atoms with Crippen molar-refractivity contribution in [2.24, 2.45) is 0 Å². The van der Waals surface area contributed by atoms with Crippen molar-refractivity contribution in [1.82, 2.24) is 9.38 Å². The molecule has 2 atom stereocenters. The van der Waals surface area contributed by atoms with Crippen LogP contribution in [-0.2, 0) is 21.7 Å². The van der Waals surface area contributed by atoms with E-state index >= 15 is 0 Å². The van der Waals surface area contributed by atoms with E-state index in [2.05, 4.69) is 4.90 Å². The summed E-state index contributed by atoms with van der Waals surface area (Å²) >= 11 is 0. The summed E-state index contributed by atoms with van der Waals surface area (Å²) in [6, 6.07) is 18.8. The standard InChI is InChI=1S/C31H33F2N2O3/c1-22-3-5-23(6-4-22)20-35(2)29-12-11-27(33)19-28(29)31(38-30(35)37)14-17-34(18-15-31)16-13-25(21-36)24-7-9-26(32)10-8-24/h3-12,19,21,25H,13-18,20H2,1-2H3/q+1. The fourth-order valence-corrected chi connectivity index (χ4v) is 5.79. The molecule has 1 spiro atoms. The molecule has 1 saturated heterocycles. The molecule has 0 aliphatic carbocycles. The predicted octanol–water partition coefficient (Wildman–Crippen LogP) is 6.22. The molecule has 2 unspecified atom stereocenters. The summed E-state index contributed by atoms with van der Waals surface area (Å²) in [5.41, 5.74) is 3.57. The van der Waals surface area contributed by atoms with E-state index in [1.165, 1.54) is 24.3 Å². The molecule has 2 aliphatic heterocycles. The first-order valence-electron chi connectivity index (χ1n) is 13.1. The van der Waals surface area contributed by atoms with E-state index in [1.807, 2.05) is 38.2 Å². The van der Waals surface area contributed by atoms with Crippen molar-refractivity contribution in [2.45, 2.75) is 44.2 Å². The molecular weight excluding hydrogens is 486 g/mol. The summed E-state index contributed by atoms with van der Waals surface area (Å²) < 4.78 is 34.0. The first-order valence-corrected chi connectivity index (χ1v) is 13.1. The van der Waals surface area contributed by atoms with Crippen LogP contribution in [0.3, 0.4) is 0 Å². The lowest BCUT2D eigenvalue weighted by molar-refractivity contribution is -0.109. The van der Waals surface area contributed by atoms with Crippen molar-refractivity contribution < 1.29 is 23.1 Å². The highest BCUT2D eigenvalue weighted by atomic mass is 19.1. The largest absolute Gasteiger partial charge is 0.522 e. The number of aldehydes is 1. The third-order valence-corrected chi connectivity index (χ3v) is 8.17. The number of rotatable bonds is 7. The topological polar surface area (TPSA) is 46.6 Å². The molecule has 1 amide bonds. The molecule has 2 heterocycles. The molecule has 5 nitrogen and oxygen atoms in total.